The van der Waals surface area contributed by atoms with Gasteiger partial charge in [-0.1, -0.05) is 6.07 Å². The van der Waals surface area contributed by atoms with Gasteiger partial charge in [0.15, 0.2) is 5.75 Å². The largest absolute Gasteiger partial charge is 0.506 e. The minimum Gasteiger partial charge on any atom is -0.506 e. The third-order valence-electron chi connectivity index (χ3n) is 5.34. The molecule has 4 rings (SSSR count). The van der Waals surface area contributed by atoms with Gasteiger partial charge in [0.2, 0.25) is 5.82 Å². The monoisotopic (exact) mass is 356 g/mol. The van der Waals surface area contributed by atoms with Crippen LogP contribution in [0.4, 0.5) is 4.39 Å². The predicted octanol–water partition coefficient (Wildman–Crippen LogP) is 2.35. The maximum absolute atomic E-state index is 13.7. The number of pyridine rings is 1. The SMILES string of the molecule is Oc1ccc([C@H](O)CN2C[C@H]3CC(Oc4ccc#cc4F)C[C@H]3C2)nc1. The average molecular weight is 356 g/mol. The van der Waals surface area contributed by atoms with Gasteiger partial charge in [-0.2, -0.15) is 4.39 Å². The van der Waals surface area contributed by atoms with Crippen LogP contribution in [0.5, 0.6) is 11.5 Å². The van der Waals surface area contributed by atoms with Gasteiger partial charge in [-0.05, 0) is 55.0 Å². The zero-order valence-corrected chi connectivity index (χ0v) is 14.3. The molecule has 4 atom stereocenters. The van der Waals surface area contributed by atoms with E-state index in [1.165, 1.54) is 12.3 Å². The molecule has 1 aromatic heterocycles. The first-order valence-corrected chi connectivity index (χ1v) is 8.88. The molecule has 6 heteroatoms. The Morgan fingerprint density at radius 1 is 1.27 bits per heavy atom. The number of fused-ring (bicyclic) bond motifs is 1. The van der Waals surface area contributed by atoms with Crippen molar-refractivity contribution >= 4 is 0 Å². The van der Waals surface area contributed by atoms with Gasteiger partial charge in [-0.3, -0.25) is 9.88 Å². The Labute approximate surface area is 152 Å². The van der Waals surface area contributed by atoms with E-state index in [1.807, 2.05) is 0 Å². The number of aliphatic hydroxyl groups is 1. The summed E-state index contributed by atoms with van der Waals surface area (Å²) in [5.74, 6) is 0.854. The molecule has 0 spiro atoms. The lowest BCUT2D eigenvalue weighted by molar-refractivity contribution is 0.112. The van der Waals surface area contributed by atoms with Gasteiger partial charge in [0.1, 0.15) is 11.9 Å². The molecule has 1 aromatic carbocycles. The molecule has 2 aliphatic rings. The van der Waals surface area contributed by atoms with E-state index in [9.17, 15) is 14.6 Å². The number of ether oxygens (including phenoxy) is 1. The molecule has 2 N–H and O–H groups in total. The zero-order valence-electron chi connectivity index (χ0n) is 14.3. The Morgan fingerprint density at radius 2 is 2.04 bits per heavy atom. The molecule has 1 saturated heterocycles. The van der Waals surface area contributed by atoms with E-state index in [0.717, 1.165) is 25.9 Å². The number of rotatable bonds is 5. The minimum atomic E-state index is -0.674. The quantitative estimate of drug-likeness (QED) is 0.861. The molecule has 2 aromatic rings. The molecule has 136 valence electrons. The number of likely N-dealkylation sites (tertiary alicyclic amines) is 1. The predicted molar refractivity (Wildman–Crippen MR) is 92.0 cm³/mol. The highest BCUT2D eigenvalue weighted by Crippen LogP contribution is 2.40. The molecule has 2 heterocycles. The molecular weight excluding hydrogens is 335 g/mol. The summed E-state index contributed by atoms with van der Waals surface area (Å²) in [5.41, 5.74) is 0.564. The molecular formula is C20H21FN2O3. The van der Waals surface area contributed by atoms with Gasteiger partial charge in [-0.25, -0.2) is 0 Å². The van der Waals surface area contributed by atoms with Crippen molar-refractivity contribution in [3.05, 3.63) is 54.1 Å². The number of hydrogen-bond acceptors (Lipinski definition) is 5. The first kappa shape index (κ1) is 17.1. The number of aliphatic hydroxyl groups excluding tert-OH is 1. The van der Waals surface area contributed by atoms with Gasteiger partial charge < -0.3 is 14.9 Å². The van der Waals surface area contributed by atoms with Crippen molar-refractivity contribution in [1.82, 2.24) is 9.88 Å². The van der Waals surface area contributed by atoms with Crippen molar-refractivity contribution in [2.75, 3.05) is 19.6 Å². The average Bonchev–Trinajstić information content (AvgIpc) is 3.15. The molecule has 1 saturated carbocycles. The van der Waals surface area contributed by atoms with Crippen LogP contribution in [0.15, 0.2) is 30.5 Å². The Bertz CT molecular complexity index is 741. The summed E-state index contributed by atoms with van der Waals surface area (Å²) >= 11 is 0. The van der Waals surface area contributed by atoms with Gasteiger partial charge in [0.25, 0.3) is 0 Å². The summed E-state index contributed by atoms with van der Waals surface area (Å²) in [6, 6.07) is 11.3. The number of aromatic nitrogens is 1. The lowest BCUT2D eigenvalue weighted by Gasteiger charge is -2.22. The Hall–Kier alpha value is -2.36. The maximum atomic E-state index is 13.7. The number of aromatic hydroxyl groups is 1. The van der Waals surface area contributed by atoms with Crippen LogP contribution in [0.25, 0.3) is 0 Å². The third-order valence-corrected chi connectivity index (χ3v) is 5.34. The van der Waals surface area contributed by atoms with Crippen molar-refractivity contribution in [3.8, 4) is 11.5 Å². The lowest BCUT2D eigenvalue weighted by atomic mass is 10.0. The minimum absolute atomic E-state index is 0.0288. The van der Waals surface area contributed by atoms with Crippen LogP contribution in [-0.4, -0.2) is 45.8 Å². The molecule has 2 fully saturated rings. The molecule has 26 heavy (non-hydrogen) atoms. The molecule has 0 radical (unpaired) electrons. The van der Waals surface area contributed by atoms with Gasteiger partial charge in [0, 0.05) is 19.6 Å². The highest BCUT2D eigenvalue weighted by Gasteiger charge is 2.42. The van der Waals surface area contributed by atoms with Crippen molar-refractivity contribution in [2.45, 2.75) is 25.0 Å². The summed E-state index contributed by atoms with van der Waals surface area (Å²) in [5, 5.41) is 19.6. The second kappa shape index (κ2) is 7.10. The molecule has 5 nitrogen and oxygen atoms in total. The van der Waals surface area contributed by atoms with E-state index in [4.69, 9.17) is 4.74 Å². The fourth-order valence-electron chi connectivity index (χ4n) is 4.15. The van der Waals surface area contributed by atoms with Crippen LogP contribution in [0.3, 0.4) is 0 Å². The first-order valence-electron chi connectivity index (χ1n) is 8.88. The van der Waals surface area contributed by atoms with Gasteiger partial charge >= 0.3 is 0 Å². The zero-order chi connectivity index (χ0) is 18.1. The fourth-order valence-corrected chi connectivity index (χ4v) is 4.15. The Balaban J connectivity index is 1.29. The summed E-state index contributed by atoms with van der Waals surface area (Å²) in [4.78, 5) is 6.32. The molecule has 1 aliphatic carbocycles. The van der Waals surface area contributed by atoms with E-state index < -0.39 is 11.9 Å². The second-order valence-electron chi connectivity index (χ2n) is 7.19. The van der Waals surface area contributed by atoms with E-state index in [-0.39, 0.29) is 17.6 Å². The fraction of sp³-hybridized carbons (Fsp3) is 0.450. The standard InChI is InChI=1S/C20H21FN2O3/c21-17-3-1-2-4-20(17)26-16-7-13-10-23(11-14(13)8-16)12-19(25)18-6-5-15(24)9-22-18/h2,4-6,9,13-14,16,19,24-25H,7-8,10-12H2/t13-,14+,16?,19-/m1/s1. The normalized spacial score (nSPS) is 26.3. The summed E-state index contributed by atoms with van der Waals surface area (Å²) in [6.45, 7) is 2.32. The van der Waals surface area contributed by atoms with E-state index in [2.05, 4.69) is 22.0 Å². The molecule has 1 aliphatic heterocycles. The second-order valence-corrected chi connectivity index (χ2v) is 7.19. The highest BCUT2D eigenvalue weighted by molar-refractivity contribution is 5.21. The van der Waals surface area contributed by atoms with E-state index >= 15 is 0 Å². The van der Waals surface area contributed by atoms with Crippen LogP contribution in [0, 0.1) is 29.8 Å². The van der Waals surface area contributed by atoms with Crippen LogP contribution >= 0.6 is 0 Å². The van der Waals surface area contributed by atoms with Crippen molar-refractivity contribution in [1.29, 1.82) is 0 Å². The highest BCUT2D eigenvalue weighted by atomic mass is 19.1. The first-order chi connectivity index (χ1) is 12.6. The smallest absolute Gasteiger partial charge is 0.215 e. The van der Waals surface area contributed by atoms with Crippen molar-refractivity contribution < 1.29 is 19.3 Å². The molecule has 1 unspecified atom stereocenters. The third kappa shape index (κ3) is 3.59. The maximum Gasteiger partial charge on any atom is 0.215 e. The number of halogens is 1. The Kier molecular flexibility index (Phi) is 4.66. The van der Waals surface area contributed by atoms with Crippen LogP contribution in [-0.2, 0) is 0 Å². The Morgan fingerprint density at radius 3 is 2.69 bits per heavy atom. The van der Waals surface area contributed by atoms with Gasteiger partial charge in [0.05, 0.1) is 18.0 Å². The summed E-state index contributed by atoms with van der Waals surface area (Å²) < 4.78 is 19.5. The number of nitrogens with zero attached hydrogens (tertiary/aromatic N) is 2. The van der Waals surface area contributed by atoms with Crippen LogP contribution in [0.2, 0.25) is 0 Å². The molecule has 0 amide bonds. The van der Waals surface area contributed by atoms with Crippen LogP contribution < -0.4 is 4.74 Å². The van der Waals surface area contributed by atoms with Crippen molar-refractivity contribution in [2.24, 2.45) is 11.8 Å². The van der Waals surface area contributed by atoms with Gasteiger partial charge in [-0.15, -0.1) is 0 Å². The van der Waals surface area contributed by atoms with E-state index in [1.54, 1.807) is 18.2 Å². The van der Waals surface area contributed by atoms with Crippen LogP contribution in [0.1, 0.15) is 24.6 Å². The summed E-state index contributed by atoms with van der Waals surface area (Å²) in [7, 11) is 0. The van der Waals surface area contributed by atoms with E-state index in [0.29, 0.717) is 24.1 Å². The number of hydrogen-bond donors (Lipinski definition) is 2. The topological polar surface area (TPSA) is 65.8 Å². The lowest BCUT2D eigenvalue weighted by Crippen LogP contribution is -2.29. The number of β-amino-alcohol motifs (C(OH)–C–C–N with tert-alkyl or cyclic N) is 1. The summed E-state index contributed by atoms with van der Waals surface area (Å²) in [6.07, 6.45) is 2.49. The van der Waals surface area contributed by atoms with Crippen molar-refractivity contribution in [3.63, 3.8) is 0 Å². The molecule has 0 bridgehead atoms.